The molecule has 3 nitrogen and oxygen atoms in total. The highest BCUT2D eigenvalue weighted by molar-refractivity contribution is 5.23. The van der Waals surface area contributed by atoms with Gasteiger partial charge in [0.05, 0.1) is 25.9 Å². The van der Waals surface area contributed by atoms with Crippen molar-refractivity contribution < 1.29 is 13.9 Å². The summed E-state index contributed by atoms with van der Waals surface area (Å²) in [5, 5.41) is 3.52. The van der Waals surface area contributed by atoms with E-state index in [0.29, 0.717) is 31.8 Å². The fourth-order valence-corrected chi connectivity index (χ4v) is 2.74. The first kappa shape index (κ1) is 13.0. The van der Waals surface area contributed by atoms with Gasteiger partial charge in [-0.3, -0.25) is 0 Å². The molecule has 0 aromatic heterocycles. The average Bonchev–Trinajstić information content (AvgIpc) is 2.40. The fraction of sp³-hybridized carbons (Fsp3) is 0.600. The first-order chi connectivity index (χ1) is 9.31. The summed E-state index contributed by atoms with van der Waals surface area (Å²) in [5.41, 5.74) is 1.25. The van der Waals surface area contributed by atoms with Gasteiger partial charge in [0.25, 0.3) is 0 Å². The summed E-state index contributed by atoms with van der Waals surface area (Å²) in [4.78, 5) is 0. The van der Waals surface area contributed by atoms with E-state index in [0.717, 1.165) is 19.4 Å². The predicted octanol–water partition coefficient (Wildman–Crippen LogP) is 2.08. The van der Waals surface area contributed by atoms with Crippen LogP contribution in [0.2, 0.25) is 0 Å². The van der Waals surface area contributed by atoms with Crippen LogP contribution in [0.5, 0.6) is 0 Å². The average molecular weight is 265 g/mol. The molecule has 0 amide bonds. The van der Waals surface area contributed by atoms with Crippen molar-refractivity contribution in [2.75, 3.05) is 26.4 Å². The zero-order chi connectivity index (χ0) is 13.1. The molecule has 2 fully saturated rings. The van der Waals surface area contributed by atoms with Gasteiger partial charge in [-0.15, -0.1) is 0 Å². The van der Waals surface area contributed by atoms with Crippen LogP contribution in [0.25, 0.3) is 0 Å². The monoisotopic (exact) mass is 265 g/mol. The van der Waals surface area contributed by atoms with Crippen LogP contribution in [0.4, 0.5) is 4.39 Å². The van der Waals surface area contributed by atoms with Gasteiger partial charge in [-0.1, -0.05) is 12.1 Å². The van der Waals surface area contributed by atoms with Crippen LogP contribution in [-0.4, -0.2) is 38.5 Å². The van der Waals surface area contributed by atoms with Gasteiger partial charge in [-0.2, -0.15) is 0 Å². The third kappa shape index (κ3) is 3.32. The summed E-state index contributed by atoms with van der Waals surface area (Å²) < 4.78 is 23.8. The Morgan fingerprint density at radius 3 is 2.63 bits per heavy atom. The number of hydrogen-bond donors (Lipinski definition) is 1. The molecule has 104 valence electrons. The van der Waals surface area contributed by atoms with Gasteiger partial charge in [-0.25, -0.2) is 4.39 Å². The van der Waals surface area contributed by atoms with Gasteiger partial charge in [0.15, 0.2) is 0 Å². The van der Waals surface area contributed by atoms with Crippen LogP contribution >= 0.6 is 0 Å². The van der Waals surface area contributed by atoms with Crippen molar-refractivity contribution in [2.45, 2.75) is 30.9 Å². The van der Waals surface area contributed by atoms with Crippen LogP contribution in [0.3, 0.4) is 0 Å². The summed E-state index contributed by atoms with van der Waals surface area (Å²) in [7, 11) is 0. The highest BCUT2D eigenvalue weighted by Crippen LogP contribution is 2.36. The fourth-order valence-electron chi connectivity index (χ4n) is 2.74. The molecule has 3 rings (SSSR count). The van der Waals surface area contributed by atoms with Crippen LogP contribution in [-0.2, 0) is 9.47 Å². The van der Waals surface area contributed by atoms with Crippen LogP contribution in [0.1, 0.15) is 24.3 Å². The van der Waals surface area contributed by atoms with Crippen molar-refractivity contribution in [3.05, 3.63) is 35.6 Å². The largest absolute Gasteiger partial charge is 0.376 e. The highest BCUT2D eigenvalue weighted by Gasteiger charge is 2.30. The standard InChI is InChI=1S/C15H20FNO2/c16-13-3-1-11(2-4-13)12-7-14(8-12)17-9-15-10-18-5-6-19-15/h1-4,12,14-15,17H,5-10H2. The SMILES string of the molecule is Fc1ccc(C2CC(NCC3COCCO3)C2)cc1. The first-order valence-corrected chi connectivity index (χ1v) is 6.99. The van der Waals surface area contributed by atoms with E-state index >= 15 is 0 Å². The zero-order valence-electron chi connectivity index (χ0n) is 11.0. The minimum absolute atomic E-state index is 0.160. The van der Waals surface area contributed by atoms with Gasteiger partial charge in [0, 0.05) is 12.6 Å². The lowest BCUT2D eigenvalue weighted by atomic mass is 9.76. The quantitative estimate of drug-likeness (QED) is 0.904. The van der Waals surface area contributed by atoms with Crippen LogP contribution in [0.15, 0.2) is 24.3 Å². The summed E-state index contributed by atoms with van der Waals surface area (Å²) in [6.07, 6.45) is 2.44. The highest BCUT2D eigenvalue weighted by atomic mass is 19.1. The second-order valence-corrected chi connectivity index (χ2v) is 5.39. The Hall–Kier alpha value is -0.970. The maximum Gasteiger partial charge on any atom is 0.123 e. The van der Waals surface area contributed by atoms with E-state index in [1.807, 2.05) is 12.1 Å². The minimum atomic E-state index is -0.160. The van der Waals surface area contributed by atoms with Gasteiger partial charge in [0.1, 0.15) is 5.82 Å². The van der Waals surface area contributed by atoms with Crippen molar-refractivity contribution in [1.82, 2.24) is 5.32 Å². The van der Waals surface area contributed by atoms with E-state index < -0.39 is 0 Å². The molecule has 19 heavy (non-hydrogen) atoms. The molecule has 2 aliphatic rings. The van der Waals surface area contributed by atoms with E-state index in [4.69, 9.17) is 9.47 Å². The Labute approximate surface area is 113 Å². The molecule has 1 saturated heterocycles. The second-order valence-electron chi connectivity index (χ2n) is 5.39. The molecule has 4 heteroatoms. The molecule has 1 saturated carbocycles. The van der Waals surface area contributed by atoms with Gasteiger partial charge in [-0.05, 0) is 36.5 Å². The minimum Gasteiger partial charge on any atom is -0.376 e. The molecule has 0 radical (unpaired) electrons. The number of hydrogen-bond acceptors (Lipinski definition) is 3. The molecule has 0 spiro atoms. The lowest BCUT2D eigenvalue weighted by Gasteiger charge is -2.37. The normalized spacial score (nSPS) is 30.9. The Balaban J connectivity index is 1.39. The van der Waals surface area contributed by atoms with E-state index in [-0.39, 0.29) is 11.9 Å². The van der Waals surface area contributed by atoms with Gasteiger partial charge < -0.3 is 14.8 Å². The number of benzene rings is 1. The Morgan fingerprint density at radius 1 is 1.16 bits per heavy atom. The van der Waals surface area contributed by atoms with Crippen molar-refractivity contribution in [2.24, 2.45) is 0 Å². The van der Waals surface area contributed by atoms with Crippen LogP contribution < -0.4 is 5.32 Å². The molecular weight excluding hydrogens is 245 g/mol. The molecule has 1 aromatic carbocycles. The zero-order valence-corrected chi connectivity index (χ0v) is 11.0. The molecule has 1 heterocycles. The predicted molar refractivity (Wildman–Crippen MR) is 70.7 cm³/mol. The summed E-state index contributed by atoms with van der Waals surface area (Å²) in [5.74, 6) is 0.411. The number of halogens is 1. The maximum atomic E-state index is 12.8. The summed E-state index contributed by atoms with van der Waals surface area (Å²) in [6, 6.07) is 7.44. The number of nitrogens with one attached hydrogen (secondary N) is 1. The Bertz CT molecular complexity index is 397. The smallest absolute Gasteiger partial charge is 0.123 e. The van der Waals surface area contributed by atoms with Gasteiger partial charge in [0.2, 0.25) is 0 Å². The Morgan fingerprint density at radius 2 is 1.95 bits per heavy atom. The number of rotatable bonds is 4. The second kappa shape index (κ2) is 5.99. The Kier molecular flexibility index (Phi) is 4.11. The molecule has 1 N–H and O–H groups in total. The van der Waals surface area contributed by atoms with E-state index in [1.165, 1.54) is 5.56 Å². The van der Waals surface area contributed by atoms with Crippen LogP contribution in [0, 0.1) is 5.82 Å². The third-order valence-corrected chi connectivity index (χ3v) is 4.00. The molecule has 1 aliphatic carbocycles. The molecule has 0 bridgehead atoms. The van der Waals surface area contributed by atoms with E-state index in [1.54, 1.807) is 12.1 Å². The lowest BCUT2D eigenvalue weighted by molar-refractivity contribution is -0.0878. The summed E-state index contributed by atoms with van der Waals surface area (Å²) >= 11 is 0. The molecular formula is C15H20FNO2. The van der Waals surface area contributed by atoms with Crippen molar-refractivity contribution in [3.8, 4) is 0 Å². The van der Waals surface area contributed by atoms with Crippen molar-refractivity contribution >= 4 is 0 Å². The maximum absolute atomic E-state index is 12.8. The molecule has 1 aromatic rings. The van der Waals surface area contributed by atoms with E-state index in [9.17, 15) is 4.39 Å². The lowest BCUT2D eigenvalue weighted by Crippen LogP contribution is -2.46. The summed E-state index contributed by atoms with van der Waals surface area (Å²) in [6.45, 7) is 2.98. The first-order valence-electron chi connectivity index (χ1n) is 6.99. The molecule has 1 unspecified atom stereocenters. The number of ether oxygens (including phenoxy) is 2. The third-order valence-electron chi connectivity index (χ3n) is 4.00. The van der Waals surface area contributed by atoms with Crippen molar-refractivity contribution in [1.29, 1.82) is 0 Å². The topological polar surface area (TPSA) is 30.5 Å². The van der Waals surface area contributed by atoms with Crippen molar-refractivity contribution in [3.63, 3.8) is 0 Å². The molecule has 1 atom stereocenters. The van der Waals surface area contributed by atoms with E-state index in [2.05, 4.69) is 5.32 Å². The molecule has 1 aliphatic heterocycles. The van der Waals surface area contributed by atoms with Gasteiger partial charge >= 0.3 is 0 Å².